The van der Waals surface area contributed by atoms with Gasteiger partial charge in [0.1, 0.15) is 0 Å². The number of carboxylic acid groups (broad SMARTS) is 4. The zero-order chi connectivity index (χ0) is 15.7. The van der Waals surface area contributed by atoms with E-state index in [-0.39, 0.29) is 75.1 Å². The monoisotopic (exact) mass is 344 g/mol. The van der Waals surface area contributed by atoms with Gasteiger partial charge in [0.15, 0.2) is 0 Å². The fourth-order valence-corrected chi connectivity index (χ4v) is 1.48. The standard InChI is InChI=1S/C10H16N2O8.2Na.2H2.2H/c13-7(14)3-11(4-8(15)16)1-2-12(5-9(17)18)6-10(19)20;;;;;;/h1-6H2,(H,13,14)(H,15,16)(H,17,18)(H,19,20);;;2*1H;;. The molecule has 0 saturated carbocycles. The van der Waals surface area contributed by atoms with Crippen molar-refractivity contribution in [2.75, 3.05) is 39.3 Å². The van der Waals surface area contributed by atoms with E-state index in [0.29, 0.717) is 0 Å². The molecular weight excluding hydrogens is 322 g/mol. The molecule has 4 N–H and O–H groups in total. The summed E-state index contributed by atoms with van der Waals surface area (Å²) in [5, 5.41) is 34.5. The van der Waals surface area contributed by atoms with E-state index in [1.54, 1.807) is 0 Å². The summed E-state index contributed by atoms with van der Waals surface area (Å²) in [6.07, 6.45) is 0. The molecule has 0 radical (unpaired) electrons. The van der Waals surface area contributed by atoms with Crippen molar-refractivity contribution in [3.63, 3.8) is 0 Å². The van der Waals surface area contributed by atoms with Gasteiger partial charge in [-0.05, 0) is 0 Å². The molecule has 0 aliphatic heterocycles. The molecule has 0 aliphatic carbocycles. The predicted octanol–water partition coefficient (Wildman–Crippen LogP) is -2.88. The third-order valence-corrected chi connectivity index (χ3v) is 2.17. The number of hydrogen-bond donors (Lipinski definition) is 4. The van der Waals surface area contributed by atoms with Crippen molar-refractivity contribution in [2.45, 2.75) is 0 Å². The van der Waals surface area contributed by atoms with Crippen LogP contribution in [-0.4, -0.2) is 152 Å². The molecule has 0 spiro atoms. The van der Waals surface area contributed by atoms with Gasteiger partial charge < -0.3 is 20.4 Å². The molecule has 0 aromatic carbocycles. The number of nitrogens with zero attached hydrogens (tertiary/aromatic N) is 2. The minimum absolute atomic E-state index is 0. The van der Waals surface area contributed by atoms with Gasteiger partial charge in [-0.1, -0.05) is 0 Å². The van der Waals surface area contributed by atoms with E-state index in [0.717, 1.165) is 9.80 Å². The van der Waals surface area contributed by atoms with Crippen LogP contribution < -0.4 is 0 Å². The summed E-state index contributed by atoms with van der Waals surface area (Å²) in [7, 11) is 0. The molecule has 0 fully saturated rings. The van der Waals surface area contributed by atoms with Gasteiger partial charge in [-0.25, -0.2) is 0 Å². The van der Waals surface area contributed by atoms with Crippen LogP contribution in [0.2, 0.25) is 0 Å². The summed E-state index contributed by atoms with van der Waals surface area (Å²) < 4.78 is 0. The normalized spacial score (nSPS) is 9.73. The zero-order valence-corrected chi connectivity index (χ0v) is 10.6. The fraction of sp³-hybridized carbons (Fsp3) is 0.600. The third-order valence-electron chi connectivity index (χ3n) is 2.17. The van der Waals surface area contributed by atoms with Gasteiger partial charge in [-0.15, -0.1) is 0 Å². The topological polar surface area (TPSA) is 156 Å². The van der Waals surface area contributed by atoms with Gasteiger partial charge in [0.25, 0.3) is 0 Å². The van der Waals surface area contributed by atoms with Crippen molar-refractivity contribution >= 4 is 83.0 Å². The fourth-order valence-electron chi connectivity index (χ4n) is 1.48. The number of carboxylic acids is 4. The second-order valence-corrected chi connectivity index (χ2v) is 4.00. The Kier molecular flexibility index (Phi) is 17.5. The van der Waals surface area contributed by atoms with Gasteiger partial charge in [0.2, 0.25) is 0 Å². The van der Waals surface area contributed by atoms with Crippen LogP contribution in [0.15, 0.2) is 0 Å². The molecule has 0 aliphatic rings. The van der Waals surface area contributed by atoms with Crippen LogP contribution in [-0.2, 0) is 19.2 Å². The van der Waals surface area contributed by atoms with Crippen molar-refractivity contribution in [1.82, 2.24) is 9.80 Å². The van der Waals surface area contributed by atoms with Crippen molar-refractivity contribution in [3.05, 3.63) is 0 Å². The summed E-state index contributed by atoms with van der Waals surface area (Å²) in [5.41, 5.74) is 0. The van der Waals surface area contributed by atoms with Crippen LogP contribution in [0.5, 0.6) is 0 Å². The molecule has 22 heavy (non-hydrogen) atoms. The Balaban J connectivity index is -0.000000301. The molecular formula is C10H22N2Na2O8. The predicted molar refractivity (Wildman–Crippen MR) is 81.9 cm³/mol. The Bertz CT molecular complexity index is 335. The first-order valence-electron chi connectivity index (χ1n) is 5.52. The van der Waals surface area contributed by atoms with E-state index in [1.807, 2.05) is 0 Å². The van der Waals surface area contributed by atoms with Crippen LogP contribution in [0, 0.1) is 0 Å². The molecule has 0 atom stereocenters. The first-order chi connectivity index (χ1) is 9.20. The second-order valence-electron chi connectivity index (χ2n) is 4.00. The molecule has 12 heteroatoms. The first-order valence-corrected chi connectivity index (χ1v) is 5.52. The molecule has 0 saturated heterocycles. The summed E-state index contributed by atoms with van der Waals surface area (Å²) in [6.45, 7) is -2.25. The van der Waals surface area contributed by atoms with Crippen LogP contribution in [0.4, 0.5) is 0 Å². The van der Waals surface area contributed by atoms with Gasteiger partial charge in [0.05, 0.1) is 26.2 Å². The van der Waals surface area contributed by atoms with E-state index >= 15 is 0 Å². The number of aliphatic carboxylic acids is 4. The average Bonchev–Trinajstić information content (AvgIpc) is 2.22. The summed E-state index contributed by atoms with van der Waals surface area (Å²) in [4.78, 5) is 44.4. The summed E-state index contributed by atoms with van der Waals surface area (Å²) in [6, 6.07) is 0. The summed E-state index contributed by atoms with van der Waals surface area (Å²) in [5.74, 6) is -4.91. The molecule has 122 valence electrons. The van der Waals surface area contributed by atoms with Gasteiger partial charge in [-0.3, -0.25) is 29.0 Å². The Hall–Kier alpha value is -0.200. The molecule has 0 aromatic heterocycles. The van der Waals surface area contributed by atoms with E-state index in [9.17, 15) is 19.2 Å². The molecule has 0 unspecified atom stereocenters. The third kappa shape index (κ3) is 16.2. The van der Waals surface area contributed by atoms with Gasteiger partial charge in [0, 0.05) is 15.9 Å². The molecule has 0 heterocycles. The second kappa shape index (κ2) is 14.4. The molecule has 0 rings (SSSR count). The number of carbonyl (C=O) groups is 4. The van der Waals surface area contributed by atoms with Crippen molar-refractivity contribution < 1.29 is 42.5 Å². The van der Waals surface area contributed by atoms with E-state index in [1.165, 1.54) is 0 Å². The van der Waals surface area contributed by atoms with Crippen molar-refractivity contribution in [3.8, 4) is 0 Å². The maximum atomic E-state index is 10.6. The van der Waals surface area contributed by atoms with Crippen LogP contribution in [0.3, 0.4) is 0 Å². The Morgan fingerprint density at radius 1 is 0.591 bits per heavy atom. The minimum atomic E-state index is -1.23. The van der Waals surface area contributed by atoms with Crippen LogP contribution >= 0.6 is 0 Å². The van der Waals surface area contributed by atoms with Gasteiger partial charge >= 0.3 is 83.0 Å². The average molecular weight is 344 g/mol. The molecule has 10 nitrogen and oxygen atoms in total. The van der Waals surface area contributed by atoms with Crippen LogP contribution in [0.25, 0.3) is 0 Å². The van der Waals surface area contributed by atoms with E-state index < -0.39 is 50.1 Å². The van der Waals surface area contributed by atoms with E-state index in [4.69, 9.17) is 20.4 Å². The van der Waals surface area contributed by atoms with Crippen LogP contribution in [0.1, 0.15) is 2.85 Å². The Morgan fingerprint density at radius 3 is 0.909 bits per heavy atom. The molecule has 0 bridgehead atoms. The number of hydrogen-bond acceptors (Lipinski definition) is 6. The molecule has 0 aromatic rings. The number of rotatable bonds is 11. The summed E-state index contributed by atoms with van der Waals surface area (Å²) >= 11 is 0. The maximum absolute atomic E-state index is 10.6. The van der Waals surface area contributed by atoms with Crippen molar-refractivity contribution in [1.29, 1.82) is 0 Å². The van der Waals surface area contributed by atoms with Gasteiger partial charge in [-0.2, -0.15) is 0 Å². The first kappa shape index (κ1) is 26.7. The quantitative estimate of drug-likeness (QED) is 0.287. The Morgan fingerprint density at radius 2 is 0.773 bits per heavy atom. The van der Waals surface area contributed by atoms with E-state index in [2.05, 4.69) is 0 Å². The Labute approximate surface area is 173 Å². The molecule has 0 amide bonds. The van der Waals surface area contributed by atoms with Crippen molar-refractivity contribution in [2.24, 2.45) is 0 Å². The SMILES string of the molecule is O=C(O)CN(CCN(CC(=O)O)CC(=O)O)CC(=O)O.[HH].[HH].[NaH].[NaH]. The zero-order valence-electron chi connectivity index (χ0n) is 10.6.